The second-order valence-electron chi connectivity index (χ2n) is 4.30. The Kier molecular flexibility index (Phi) is 3.59. The summed E-state index contributed by atoms with van der Waals surface area (Å²) in [5.41, 5.74) is 4.85. The van der Waals surface area contributed by atoms with E-state index in [1.165, 1.54) is 0 Å². The van der Waals surface area contributed by atoms with Gasteiger partial charge in [0.25, 0.3) is 5.69 Å². The molecule has 1 aliphatic heterocycles. The maximum Gasteiger partial charge on any atom is 0.292 e. The molecule has 1 saturated heterocycles. The van der Waals surface area contributed by atoms with Crippen LogP contribution in [0.1, 0.15) is 6.42 Å². The molecule has 0 bridgehead atoms. The Balaban J connectivity index is 2.23. The summed E-state index contributed by atoms with van der Waals surface area (Å²) in [6, 6.07) is 2.61. The number of nitro benzene ring substituents is 1. The van der Waals surface area contributed by atoms with Crippen LogP contribution in [0.25, 0.3) is 0 Å². The van der Waals surface area contributed by atoms with Gasteiger partial charge in [0.15, 0.2) is 0 Å². The van der Waals surface area contributed by atoms with Crippen LogP contribution in [-0.2, 0) is 14.8 Å². The summed E-state index contributed by atoms with van der Waals surface area (Å²) in [5.74, 6) is -0.235. The quantitative estimate of drug-likeness (QED) is 0.382. The monoisotopic (exact) mass is 300 g/mol. The second kappa shape index (κ2) is 5.06. The van der Waals surface area contributed by atoms with Crippen LogP contribution in [0.3, 0.4) is 0 Å². The number of benzene rings is 1. The van der Waals surface area contributed by atoms with Gasteiger partial charge in [0, 0.05) is 25.1 Å². The van der Waals surface area contributed by atoms with Gasteiger partial charge in [-0.3, -0.25) is 14.9 Å². The highest BCUT2D eigenvalue weighted by Crippen LogP contribution is 2.24. The molecule has 2 rings (SSSR count). The van der Waals surface area contributed by atoms with Crippen molar-refractivity contribution < 1.29 is 18.1 Å². The summed E-state index contributed by atoms with van der Waals surface area (Å²) in [6.07, 6.45) is 0.0572. The lowest BCUT2D eigenvalue weighted by Gasteiger charge is -2.11. The first-order valence-corrected chi connectivity index (χ1v) is 7.11. The highest BCUT2D eigenvalue weighted by atomic mass is 32.2. The van der Waals surface area contributed by atoms with E-state index >= 15 is 0 Å². The topological polar surface area (TPSA) is 144 Å². The van der Waals surface area contributed by atoms with Gasteiger partial charge >= 0.3 is 0 Å². The fraction of sp³-hybridized carbons (Fsp3) is 0.300. The van der Waals surface area contributed by atoms with Crippen molar-refractivity contribution in [2.45, 2.75) is 17.4 Å². The maximum absolute atomic E-state index is 12.1. The zero-order valence-electron chi connectivity index (χ0n) is 10.2. The number of anilines is 1. The summed E-state index contributed by atoms with van der Waals surface area (Å²) in [4.78, 5) is 20.7. The minimum atomic E-state index is -3.88. The minimum absolute atomic E-state index is 0.0572. The summed E-state index contributed by atoms with van der Waals surface area (Å²) < 4.78 is 26.4. The molecule has 4 N–H and O–H groups in total. The van der Waals surface area contributed by atoms with Crippen LogP contribution < -0.4 is 15.8 Å². The molecule has 0 radical (unpaired) electrons. The zero-order valence-corrected chi connectivity index (χ0v) is 11.0. The zero-order chi connectivity index (χ0) is 14.9. The average Bonchev–Trinajstić information content (AvgIpc) is 2.73. The molecule has 20 heavy (non-hydrogen) atoms. The lowest BCUT2D eigenvalue weighted by Crippen LogP contribution is -2.36. The van der Waals surface area contributed by atoms with Gasteiger partial charge in [0.2, 0.25) is 15.9 Å². The number of nitrogens with zero attached hydrogens (tertiary/aromatic N) is 1. The lowest BCUT2D eigenvalue weighted by molar-refractivity contribution is -0.383. The lowest BCUT2D eigenvalue weighted by atomic mass is 10.3. The highest BCUT2D eigenvalue weighted by Gasteiger charge is 2.27. The van der Waals surface area contributed by atoms with Crippen LogP contribution in [0.2, 0.25) is 0 Å². The molecule has 0 aromatic heterocycles. The van der Waals surface area contributed by atoms with Gasteiger partial charge in [-0.2, -0.15) is 0 Å². The molecule has 1 aromatic rings. The van der Waals surface area contributed by atoms with Crippen LogP contribution in [0.4, 0.5) is 11.4 Å². The third-order valence-corrected chi connectivity index (χ3v) is 4.32. The molecule has 0 saturated carbocycles. The Morgan fingerprint density at radius 1 is 1.45 bits per heavy atom. The normalized spacial score (nSPS) is 18.8. The SMILES string of the molecule is Nc1cc(S(=O)(=O)NC2CNC(=O)C2)ccc1[N+](=O)[O-]. The number of sulfonamides is 1. The van der Waals surface area contributed by atoms with Crippen LogP contribution in [0.15, 0.2) is 23.1 Å². The number of amides is 1. The van der Waals surface area contributed by atoms with E-state index in [0.29, 0.717) is 0 Å². The first-order valence-electron chi connectivity index (χ1n) is 5.62. The van der Waals surface area contributed by atoms with Crippen molar-refractivity contribution in [1.29, 1.82) is 0 Å². The third kappa shape index (κ3) is 2.86. The summed E-state index contributed by atoms with van der Waals surface area (Å²) in [5, 5.41) is 13.1. The van der Waals surface area contributed by atoms with Crippen LogP contribution in [0, 0.1) is 10.1 Å². The summed E-state index contributed by atoms with van der Waals surface area (Å²) in [6.45, 7) is 0.209. The number of hydrogen-bond acceptors (Lipinski definition) is 6. The van der Waals surface area contributed by atoms with Gasteiger partial charge in [-0.1, -0.05) is 0 Å². The van der Waals surface area contributed by atoms with E-state index in [1.807, 2.05) is 0 Å². The number of nitrogens with one attached hydrogen (secondary N) is 2. The number of nitro groups is 1. The van der Waals surface area contributed by atoms with Crippen molar-refractivity contribution in [3.63, 3.8) is 0 Å². The molecule has 1 unspecified atom stereocenters. The van der Waals surface area contributed by atoms with Crippen molar-refractivity contribution in [1.82, 2.24) is 10.0 Å². The van der Waals surface area contributed by atoms with Crippen molar-refractivity contribution >= 4 is 27.3 Å². The fourth-order valence-corrected chi connectivity index (χ4v) is 3.11. The predicted molar refractivity (Wildman–Crippen MR) is 69.2 cm³/mol. The van der Waals surface area contributed by atoms with Crippen LogP contribution in [0.5, 0.6) is 0 Å². The van der Waals surface area contributed by atoms with Crippen LogP contribution in [-0.4, -0.2) is 31.8 Å². The van der Waals surface area contributed by atoms with Gasteiger partial charge in [-0.05, 0) is 12.1 Å². The molecule has 10 heteroatoms. The number of carbonyl (C=O) groups is 1. The van der Waals surface area contributed by atoms with E-state index in [-0.39, 0.29) is 35.1 Å². The highest BCUT2D eigenvalue weighted by molar-refractivity contribution is 7.89. The number of hydrogen-bond donors (Lipinski definition) is 3. The first kappa shape index (κ1) is 14.2. The van der Waals surface area contributed by atoms with Gasteiger partial charge in [0.1, 0.15) is 5.69 Å². The molecule has 1 atom stereocenters. The molecular formula is C10H12N4O5S. The van der Waals surface area contributed by atoms with Crippen molar-refractivity contribution in [2.24, 2.45) is 0 Å². The number of nitrogen functional groups attached to an aromatic ring is 1. The molecule has 0 spiro atoms. The third-order valence-electron chi connectivity index (χ3n) is 2.81. The fourth-order valence-electron chi connectivity index (χ4n) is 1.84. The largest absolute Gasteiger partial charge is 0.393 e. The van der Waals surface area contributed by atoms with Gasteiger partial charge in [-0.25, -0.2) is 13.1 Å². The molecule has 1 fully saturated rings. The number of rotatable bonds is 4. The van der Waals surface area contributed by atoms with E-state index < -0.39 is 21.0 Å². The Labute approximate surface area is 114 Å². The van der Waals surface area contributed by atoms with Crippen LogP contribution >= 0.6 is 0 Å². The average molecular weight is 300 g/mol. The van der Waals surface area contributed by atoms with Crippen molar-refractivity contribution in [3.05, 3.63) is 28.3 Å². The Morgan fingerprint density at radius 2 is 2.15 bits per heavy atom. The Hall–Kier alpha value is -2.20. The maximum atomic E-state index is 12.1. The molecular weight excluding hydrogens is 288 g/mol. The van der Waals surface area contributed by atoms with Gasteiger partial charge in [0.05, 0.1) is 9.82 Å². The minimum Gasteiger partial charge on any atom is -0.393 e. The molecule has 1 aliphatic rings. The smallest absolute Gasteiger partial charge is 0.292 e. The molecule has 1 aromatic carbocycles. The molecule has 108 valence electrons. The standard InChI is InChI=1S/C10H12N4O5S/c11-8-4-7(1-2-9(8)14(16)17)20(18,19)13-6-3-10(15)12-5-6/h1-2,4,6,13H,3,5,11H2,(H,12,15). The van der Waals surface area contributed by atoms with E-state index in [0.717, 1.165) is 18.2 Å². The predicted octanol–water partition coefficient (Wildman–Crippen LogP) is -0.656. The molecule has 1 amide bonds. The Bertz CT molecular complexity index is 672. The van der Waals surface area contributed by atoms with Crippen molar-refractivity contribution in [3.8, 4) is 0 Å². The van der Waals surface area contributed by atoms with E-state index in [1.54, 1.807) is 0 Å². The van der Waals surface area contributed by atoms with Gasteiger partial charge in [-0.15, -0.1) is 0 Å². The summed E-state index contributed by atoms with van der Waals surface area (Å²) >= 11 is 0. The molecule has 0 aliphatic carbocycles. The van der Waals surface area contributed by atoms with Crippen molar-refractivity contribution in [2.75, 3.05) is 12.3 Å². The number of carbonyl (C=O) groups excluding carboxylic acids is 1. The van der Waals surface area contributed by atoms with E-state index in [4.69, 9.17) is 5.73 Å². The van der Waals surface area contributed by atoms with E-state index in [2.05, 4.69) is 10.0 Å². The van der Waals surface area contributed by atoms with E-state index in [9.17, 15) is 23.3 Å². The Morgan fingerprint density at radius 3 is 2.65 bits per heavy atom. The molecule has 1 heterocycles. The second-order valence-corrected chi connectivity index (χ2v) is 6.02. The molecule has 9 nitrogen and oxygen atoms in total. The summed E-state index contributed by atoms with van der Waals surface area (Å²) in [7, 11) is -3.88. The first-order chi connectivity index (χ1) is 9.29. The number of nitrogens with two attached hydrogens (primary N) is 1. The van der Waals surface area contributed by atoms with Gasteiger partial charge < -0.3 is 11.1 Å².